The zero-order chi connectivity index (χ0) is 13.1. The average Bonchev–Trinajstić information content (AvgIpc) is 2.94. The van der Waals surface area contributed by atoms with E-state index < -0.39 is 12.1 Å². The van der Waals surface area contributed by atoms with Crippen LogP contribution in [0.25, 0.3) is 0 Å². The quantitative estimate of drug-likeness (QED) is 0.825. The van der Waals surface area contributed by atoms with Gasteiger partial charge in [0.2, 0.25) is 5.91 Å². The first kappa shape index (κ1) is 12.7. The third kappa shape index (κ3) is 2.76. The number of ether oxygens (including phenoxy) is 1. The first-order valence-corrected chi connectivity index (χ1v) is 6.37. The second-order valence-corrected chi connectivity index (χ2v) is 5.09. The third-order valence-electron chi connectivity index (χ3n) is 2.54. The molecular weight excluding hydrogens is 256 g/mol. The van der Waals surface area contributed by atoms with Crippen LogP contribution < -0.4 is 10.6 Å². The highest BCUT2D eigenvalue weighted by atomic mass is 32.1. The highest BCUT2D eigenvalue weighted by Crippen LogP contribution is 2.19. The normalized spacial score (nSPS) is 18.6. The van der Waals surface area contributed by atoms with E-state index in [9.17, 15) is 9.59 Å². The molecular formula is C10H14N4O3S. The Balaban J connectivity index is 1.89. The molecule has 2 rings (SSSR count). The van der Waals surface area contributed by atoms with Crippen LogP contribution in [0.4, 0.5) is 4.79 Å². The van der Waals surface area contributed by atoms with E-state index in [4.69, 9.17) is 0 Å². The molecule has 0 unspecified atom stereocenters. The van der Waals surface area contributed by atoms with Gasteiger partial charge in [-0.15, -0.1) is 5.10 Å². The molecule has 1 saturated heterocycles. The van der Waals surface area contributed by atoms with Crippen LogP contribution in [-0.4, -0.2) is 34.2 Å². The predicted octanol–water partition coefficient (Wildman–Crippen LogP) is 0.386. The lowest BCUT2D eigenvalue weighted by Gasteiger charge is -2.09. The van der Waals surface area contributed by atoms with Crippen LogP contribution in [0.1, 0.15) is 30.3 Å². The number of amides is 2. The first-order valence-electron chi connectivity index (χ1n) is 5.60. The van der Waals surface area contributed by atoms with Crippen LogP contribution >= 0.6 is 11.5 Å². The Bertz CT molecular complexity index is 460. The molecule has 0 radical (unpaired) electrons. The zero-order valence-electron chi connectivity index (χ0n) is 10.1. The summed E-state index contributed by atoms with van der Waals surface area (Å²) in [6, 6.07) is -0.610. The monoisotopic (exact) mass is 270 g/mol. The van der Waals surface area contributed by atoms with E-state index >= 15 is 0 Å². The van der Waals surface area contributed by atoms with Crippen LogP contribution in [0.3, 0.4) is 0 Å². The van der Waals surface area contributed by atoms with Gasteiger partial charge in [0.25, 0.3) is 0 Å². The summed E-state index contributed by atoms with van der Waals surface area (Å²) < 4.78 is 8.53. The van der Waals surface area contributed by atoms with Crippen molar-refractivity contribution in [3.05, 3.63) is 10.6 Å². The van der Waals surface area contributed by atoms with Crippen molar-refractivity contribution in [2.75, 3.05) is 6.61 Å². The van der Waals surface area contributed by atoms with Crippen molar-refractivity contribution in [3.8, 4) is 0 Å². The van der Waals surface area contributed by atoms with E-state index in [0.717, 1.165) is 10.6 Å². The number of alkyl carbamates (subject to hydrolysis) is 1. The van der Waals surface area contributed by atoms with Crippen LogP contribution in [0.2, 0.25) is 0 Å². The maximum Gasteiger partial charge on any atom is 0.407 e. The number of carbonyl (C=O) groups is 2. The molecule has 0 aromatic carbocycles. The summed E-state index contributed by atoms with van der Waals surface area (Å²) in [6.45, 7) is 4.49. The lowest BCUT2D eigenvalue weighted by molar-refractivity contribution is -0.122. The summed E-state index contributed by atoms with van der Waals surface area (Å²) in [5, 5.41) is 9.19. The molecule has 2 amide bonds. The Morgan fingerprint density at radius 3 is 3.06 bits per heavy atom. The van der Waals surface area contributed by atoms with Gasteiger partial charge in [0.05, 0.1) is 17.1 Å². The van der Waals surface area contributed by atoms with Gasteiger partial charge in [0.15, 0.2) is 0 Å². The van der Waals surface area contributed by atoms with E-state index in [1.54, 1.807) is 0 Å². The fourth-order valence-electron chi connectivity index (χ4n) is 1.59. The van der Waals surface area contributed by atoms with Gasteiger partial charge in [-0.05, 0) is 17.5 Å². The lowest BCUT2D eigenvalue weighted by Crippen LogP contribution is -2.42. The maximum atomic E-state index is 11.7. The van der Waals surface area contributed by atoms with Crippen molar-refractivity contribution >= 4 is 23.5 Å². The molecule has 2 N–H and O–H groups in total. The van der Waals surface area contributed by atoms with Gasteiger partial charge in [-0.1, -0.05) is 18.3 Å². The Kier molecular flexibility index (Phi) is 3.75. The number of hydrogen-bond donors (Lipinski definition) is 2. The number of cyclic esters (lactones) is 1. The second kappa shape index (κ2) is 5.30. The number of carbonyl (C=O) groups excluding carboxylic acids is 2. The van der Waals surface area contributed by atoms with Crippen molar-refractivity contribution in [2.24, 2.45) is 0 Å². The third-order valence-corrected chi connectivity index (χ3v) is 3.28. The SMILES string of the molecule is CC(C)c1nnsc1CNC(=O)[C@@H]1COC(=O)N1. The molecule has 1 aromatic heterocycles. The Labute approximate surface area is 108 Å². The highest BCUT2D eigenvalue weighted by Gasteiger charge is 2.28. The minimum absolute atomic E-state index is 0.0721. The van der Waals surface area contributed by atoms with E-state index in [-0.39, 0.29) is 18.4 Å². The maximum absolute atomic E-state index is 11.7. The van der Waals surface area contributed by atoms with Crippen molar-refractivity contribution < 1.29 is 14.3 Å². The minimum atomic E-state index is -0.610. The van der Waals surface area contributed by atoms with Gasteiger partial charge in [-0.2, -0.15) is 0 Å². The molecule has 1 aromatic rings. The zero-order valence-corrected chi connectivity index (χ0v) is 10.9. The summed E-state index contributed by atoms with van der Waals surface area (Å²) in [5.74, 6) is 0.00845. The highest BCUT2D eigenvalue weighted by molar-refractivity contribution is 7.05. The van der Waals surface area contributed by atoms with Gasteiger partial charge < -0.3 is 15.4 Å². The molecule has 1 atom stereocenters. The van der Waals surface area contributed by atoms with Crippen LogP contribution in [0.15, 0.2) is 0 Å². The van der Waals surface area contributed by atoms with Crippen LogP contribution in [-0.2, 0) is 16.1 Å². The molecule has 0 bridgehead atoms. The van der Waals surface area contributed by atoms with E-state index in [1.807, 2.05) is 13.8 Å². The molecule has 2 heterocycles. The van der Waals surface area contributed by atoms with Gasteiger partial charge in [0, 0.05) is 0 Å². The van der Waals surface area contributed by atoms with Gasteiger partial charge in [-0.3, -0.25) is 4.79 Å². The summed E-state index contributed by atoms with van der Waals surface area (Å²) in [6.07, 6.45) is -0.558. The van der Waals surface area contributed by atoms with E-state index in [1.165, 1.54) is 11.5 Å². The molecule has 1 aliphatic heterocycles. The first-order chi connectivity index (χ1) is 8.58. The number of aromatic nitrogens is 2. The standard InChI is InChI=1S/C10H14N4O3S/c1-5(2)8-7(18-14-13-8)3-11-9(15)6-4-17-10(16)12-6/h5-6H,3-4H2,1-2H3,(H,11,15)(H,12,16)/t6-/m0/s1. The van der Waals surface area contributed by atoms with Crippen LogP contribution in [0, 0.1) is 0 Å². The van der Waals surface area contributed by atoms with Gasteiger partial charge in [-0.25, -0.2) is 4.79 Å². The molecule has 8 heteroatoms. The summed E-state index contributed by atoms with van der Waals surface area (Å²) >= 11 is 1.27. The van der Waals surface area contributed by atoms with Crippen molar-refractivity contribution in [3.63, 3.8) is 0 Å². The van der Waals surface area contributed by atoms with Crippen LogP contribution in [0.5, 0.6) is 0 Å². The number of hydrogen-bond acceptors (Lipinski definition) is 6. The molecule has 18 heavy (non-hydrogen) atoms. The lowest BCUT2D eigenvalue weighted by atomic mass is 10.1. The number of nitrogens with one attached hydrogen (secondary N) is 2. The number of nitrogens with zero attached hydrogens (tertiary/aromatic N) is 2. The van der Waals surface area contributed by atoms with Crippen molar-refractivity contribution in [1.29, 1.82) is 0 Å². The molecule has 7 nitrogen and oxygen atoms in total. The molecule has 0 saturated carbocycles. The summed E-state index contributed by atoms with van der Waals surface area (Å²) in [5.41, 5.74) is 0.895. The van der Waals surface area contributed by atoms with Crippen molar-refractivity contribution in [2.45, 2.75) is 32.4 Å². The largest absolute Gasteiger partial charge is 0.447 e. The summed E-state index contributed by atoms with van der Waals surface area (Å²) in [7, 11) is 0. The molecule has 0 spiro atoms. The van der Waals surface area contributed by atoms with Crippen molar-refractivity contribution in [1.82, 2.24) is 20.2 Å². The predicted molar refractivity (Wildman–Crippen MR) is 64.1 cm³/mol. The van der Waals surface area contributed by atoms with E-state index in [2.05, 4.69) is 25.0 Å². The van der Waals surface area contributed by atoms with E-state index in [0.29, 0.717) is 6.54 Å². The minimum Gasteiger partial charge on any atom is -0.447 e. The van der Waals surface area contributed by atoms with Gasteiger partial charge in [0.1, 0.15) is 12.6 Å². The molecule has 1 aliphatic rings. The Morgan fingerprint density at radius 2 is 2.44 bits per heavy atom. The Hall–Kier alpha value is -1.70. The smallest absolute Gasteiger partial charge is 0.407 e. The molecule has 1 fully saturated rings. The summed E-state index contributed by atoms with van der Waals surface area (Å²) in [4.78, 5) is 23.5. The average molecular weight is 270 g/mol. The molecule has 98 valence electrons. The topological polar surface area (TPSA) is 93.2 Å². The molecule has 0 aliphatic carbocycles. The number of rotatable bonds is 4. The second-order valence-electron chi connectivity index (χ2n) is 4.25. The fourth-order valence-corrected chi connectivity index (χ4v) is 2.33. The fraction of sp³-hybridized carbons (Fsp3) is 0.600. The van der Waals surface area contributed by atoms with Gasteiger partial charge >= 0.3 is 6.09 Å². The Morgan fingerprint density at radius 1 is 1.67 bits per heavy atom.